The summed E-state index contributed by atoms with van der Waals surface area (Å²) in [4.78, 5) is 20.7. The van der Waals surface area contributed by atoms with E-state index >= 15 is 0 Å². The number of amides is 1. The quantitative estimate of drug-likeness (QED) is 0.765. The molecule has 0 aliphatic carbocycles. The van der Waals surface area contributed by atoms with Crippen LogP contribution in [0.3, 0.4) is 0 Å². The van der Waals surface area contributed by atoms with Crippen molar-refractivity contribution in [1.82, 2.24) is 24.9 Å². The van der Waals surface area contributed by atoms with Crippen molar-refractivity contribution in [3.05, 3.63) is 29.3 Å². The van der Waals surface area contributed by atoms with Gasteiger partial charge in [-0.2, -0.15) is 4.52 Å². The zero-order valence-corrected chi connectivity index (χ0v) is 13.1. The van der Waals surface area contributed by atoms with Crippen LogP contribution in [0.1, 0.15) is 24.2 Å². The fraction of sp³-hybridized carbons (Fsp3) is 0.286. The van der Waals surface area contributed by atoms with E-state index in [1.54, 1.807) is 18.3 Å². The van der Waals surface area contributed by atoms with Crippen molar-refractivity contribution < 1.29 is 4.79 Å². The Balaban J connectivity index is 1.96. The Hall–Kier alpha value is -2.48. The molecular weight excluding hydrogens is 300 g/mol. The minimum absolute atomic E-state index is 0.165. The van der Waals surface area contributed by atoms with Gasteiger partial charge in [0.15, 0.2) is 10.7 Å². The highest BCUT2D eigenvalue weighted by Crippen LogP contribution is 2.20. The number of aromatic nitrogens is 4. The van der Waals surface area contributed by atoms with E-state index in [1.807, 2.05) is 19.2 Å². The Morgan fingerprint density at radius 2 is 2.27 bits per heavy atom. The number of pyridine rings is 1. The van der Waals surface area contributed by atoms with Crippen molar-refractivity contribution in [2.75, 3.05) is 12.3 Å². The van der Waals surface area contributed by atoms with Crippen molar-refractivity contribution in [3.63, 3.8) is 0 Å². The highest BCUT2D eigenvalue weighted by Gasteiger charge is 2.14. The van der Waals surface area contributed by atoms with Gasteiger partial charge >= 0.3 is 0 Å². The first-order valence-corrected chi connectivity index (χ1v) is 7.77. The van der Waals surface area contributed by atoms with Crippen LogP contribution in [-0.4, -0.2) is 32.0 Å². The second kappa shape index (κ2) is 5.72. The molecule has 0 unspecified atom stereocenters. The summed E-state index contributed by atoms with van der Waals surface area (Å²) < 4.78 is 1.51. The number of carbonyl (C=O) groups excluding carboxylic acids is 1. The first-order valence-electron chi connectivity index (χ1n) is 6.89. The van der Waals surface area contributed by atoms with Gasteiger partial charge in [0, 0.05) is 23.7 Å². The van der Waals surface area contributed by atoms with E-state index in [-0.39, 0.29) is 5.91 Å². The van der Waals surface area contributed by atoms with Crippen LogP contribution in [0.15, 0.2) is 23.7 Å². The number of rotatable bonds is 4. The Kier molecular flexibility index (Phi) is 3.76. The Morgan fingerprint density at radius 1 is 1.45 bits per heavy atom. The third kappa shape index (κ3) is 2.77. The molecule has 0 aliphatic heterocycles. The van der Waals surface area contributed by atoms with Gasteiger partial charge in [0.2, 0.25) is 5.82 Å². The molecular formula is C14H16N6OS. The first kappa shape index (κ1) is 14.5. The Labute approximate surface area is 131 Å². The number of hydrogen-bond acceptors (Lipinski definition) is 6. The molecule has 0 aromatic carbocycles. The normalized spacial score (nSPS) is 11.2. The number of nitrogen functional groups attached to an aromatic ring is 1. The molecule has 3 rings (SSSR count). The van der Waals surface area contributed by atoms with Crippen LogP contribution in [-0.2, 0) is 0 Å². The second-order valence-corrected chi connectivity index (χ2v) is 6.21. The number of anilines is 1. The molecule has 3 heterocycles. The Morgan fingerprint density at radius 3 is 2.95 bits per heavy atom. The summed E-state index contributed by atoms with van der Waals surface area (Å²) in [5.41, 5.74) is 6.98. The number of hydrogen-bond donors (Lipinski definition) is 2. The number of nitrogens with one attached hydrogen (secondary N) is 1. The summed E-state index contributed by atoms with van der Waals surface area (Å²) in [5, 5.41) is 9.76. The molecule has 8 heteroatoms. The summed E-state index contributed by atoms with van der Waals surface area (Å²) in [6.07, 6.45) is 1.69. The van der Waals surface area contributed by atoms with Gasteiger partial charge in [-0.1, -0.05) is 13.8 Å². The molecule has 0 saturated heterocycles. The van der Waals surface area contributed by atoms with E-state index in [9.17, 15) is 4.79 Å². The average molecular weight is 316 g/mol. The summed E-state index contributed by atoms with van der Waals surface area (Å²) in [5.74, 6) is 1.08. The van der Waals surface area contributed by atoms with Crippen LogP contribution in [0.25, 0.3) is 16.5 Å². The summed E-state index contributed by atoms with van der Waals surface area (Å²) in [6.45, 7) is 4.69. The topological polar surface area (TPSA) is 98.2 Å². The van der Waals surface area contributed by atoms with Gasteiger partial charge < -0.3 is 11.1 Å². The van der Waals surface area contributed by atoms with Crippen molar-refractivity contribution >= 4 is 28.7 Å². The zero-order valence-electron chi connectivity index (χ0n) is 12.3. The van der Waals surface area contributed by atoms with E-state index in [0.717, 1.165) is 0 Å². The maximum atomic E-state index is 12.1. The zero-order chi connectivity index (χ0) is 15.7. The molecule has 22 heavy (non-hydrogen) atoms. The number of thiazole rings is 1. The van der Waals surface area contributed by atoms with Gasteiger partial charge in [0.1, 0.15) is 5.82 Å². The third-order valence-corrected chi connectivity index (χ3v) is 3.79. The molecule has 3 aromatic heterocycles. The van der Waals surface area contributed by atoms with Gasteiger partial charge in [0.25, 0.3) is 5.91 Å². The minimum Gasteiger partial charge on any atom is -0.384 e. The fourth-order valence-electron chi connectivity index (χ4n) is 1.96. The third-order valence-electron chi connectivity index (χ3n) is 3.02. The molecule has 3 N–H and O–H groups in total. The maximum absolute atomic E-state index is 12.1. The molecule has 0 spiro atoms. The van der Waals surface area contributed by atoms with E-state index in [2.05, 4.69) is 20.4 Å². The SMILES string of the molecule is CC(C)CNC(=O)c1cc(N)n2nc(-c3nccs3)nc2c1. The van der Waals surface area contributed by atoms with Crippen LogP contribution >= 0.6 is 11.3 Å². The smallest absolute Gasteiger partial charge is 0.251 e. The summed E-state index contributed by atoms with van der Waals surface area (Å²) >= 11 is 1.45. The van der Waals surface area contributed by atoms with Crippen molar-refractivity contribution in [2.45, 2.75) is 13.8 Å². The molecule has 0 bridgehead atoms. The fourth-order valence-corrected chi connectivity index (χ4v) is 2.53. The lowest BCUT2D eigenvalue weighted by molar-refractivity contribution is 0.0949. The van der Waals surface area contributed by atoms with Gasteiger partial charge in [-0.15, -0.1) is 16.4 Å². The maximum Gasteiger partial charge on any atom is 0.251 e. The molecule has 0 radical (unpaired) electrons. The molecule has 0 saturated carbocycles. The molecule has 0 fully saturated rings. The highest BCUT2D eigenvalue weighted by atomic mass is 32.1. The first-order chi connectivity index (χ1) is 10.5. The largest absolute Gasteiger partial charge is 0.384 e. The van der Waals surface area contributed by atoms with Gasteiger partial charge in [-0.3, -0.25) is 4.79 Å². The highest BCUT2D eigenvalue weighted by molar-refractivity contribution is 7.13. The van der Waals surface area contributed by atoms with Crippen molar-refractivity contribution in [2.24, 2.45) is 5.92 Å². The summed E-state index contributed by atoms with van der Waals surface area (Å²) in [7, 11) is 0. The van der Waals surface area contributed by atoms with E-state index < -0.39 is 0 Å². The number of carbonyl (C=O) groups is 1. The van der Waals surface area contributed by atoms with Crippen LogP contribution in [0, 0.1) is 5.92 Å². The molecule has 114 valence electrons. The van der Waals surface area contributed by atoms with Crippen LogP contribution in [0.2, 0.25) is 0 Å². The molecule has 0 aliphatic rings. The minimum atomic E-state index is -0.165. The number of fused-ring (bicyclic) bond motifs is 1. The molecule has 7 nitrogen and oxygen atoms in total. The lowest BCUT2D eigenvalue weighted by Gasteiger charge is -2.08. The predicted octanol–water partition coefficient (Wildman–Crippen LogP) is 1.82. The molecule has 1 amide bonds. The van der Waals surface area contributed by atoms with Crippen LogP contribution < -0.4 is 11.1 Å². The number of nitrogens with zero attached hydrogens (tertiary/aromatic N) is 4. The average Bonchev–Trinajstić information content (AvgIpc) is 3.12. The lowest BCUT2D eigenvalue weighted by atomic mass is 10.2. The van der Waals surface area contributed by atoms with Crippen LogP contribution in [0.5, 0.6) is 0 Å². The van der Waals surface area contributed by atoms with E-state index in [0.29, 0.717) is 40.3 Å². The monoisotopic (exact) mass is 316 g/mol. The molecule has 3 aromatic rings. The lowest BCUT2D eigenvalue weighted by Crippen LogP contribution is -2.27. The summed E-state index contributed by atoms with van der Waals surface area (Å²) in [6, 6.07) is 3.28. The van der Waals surface area contributed by atoms with E-state index in [1.165, 1.54) is 15.9 Å². The van der Waals surface area contributed by atoms with Crippen LogP contribution in [0.4, 0.5) is 5.82 Å². The number of nitrogens with two attached hydrogens (primary N) is 1. The van der Waals surface area contributed by atoms with Gasteiger partial charge in [-0.05, 0) is 18.1 Å². The predicted molar refractivity (Wildman–Crippen MR) is 85.7 cm³/mol. The van der Waals surface area contributed by atoms with Gasteiger partial charge in [0.05, 0.1) is 0 Å². The second-order valence-electron chi connectivity index (χ2n) is 5.32. The van der Waals surface area contributed by atoms with E-state index in [4.69, 9.17) is 5.73 Å². The van der Waals surface area contributed by atoms with Crippen molar-refractivity contribution in [3.8, 4) is 10.8 Å². The standard InChI is InChI=1S/C14H16N6OS/c1-8(2)7-17-13(21)9-5-10(15)20-11(6-9)18-12(19-20)14-16-3-4-22-14/h3-6,8H,7,15H2,1-2H3,(H,17,21). The Bertz CT molecular complexity index is 808. The van der Waals surface area contributed by atoms with Gasteiger partial charge in [-0.25, -0.2) is 9.97 Å². The van der Waals surface area contributed by atoms with Crippen molar-refractivity contribution in [1.29, 1.82) is 0 Å². The molecule has 0 atom stereocenters.